The molecule has 0 bridgehead atoms. The Hall–Kier alpha value is -1.20. The topological polar surface area (TPSA) is 50.4 Å². The van der Waals surface area contributed by atoms with Gasteiger partial charge in [-0.05, 0) is 44.5 Å². The molecule has 1 aliphatic rings. The first kappa shape index (κ1) is 15.2. The van der Waals surface area contributed by atoms with Crippen LogP contribution in [0.5, 0.6) is 5.75 Å². The molecule has 1 aliphatic heterocycles. The predicted octanol–water partition coefficient (Wildman–Crippen LogP) is 2.04. The van der Waals surface area contributed by atoms with Crippen molar-refractivity contribution in [2.75, 3.05) is 19.4 Å². The van der Waals surface area contributed by atoms with Gasteiger partial charge in [-0.1, -0.05) is 6.07 Å². The third kappa shape index (κ3) is 4.72. The van der Waals surface area contributed by atoms with Gasteiger partial charge in [0.05, 0.1) is 12.9 Å². The van der Waals surface area contributed by atoms with Crippen LogP contribution in [0.1, 0.15) is 19.8 Å². The first-order valence-electron chi connectivity index (χ1n) is 6.97. The maximum Gasteiger partial charge on any atom is 0.230 e. The number of benzene rings is 1. The lowest BCUT2D eigenvalue weighted by atomic mass is 10.0. The number of ether oxygens (including phenoxy) is 1. The molecule has 1 aromatic rings. The largest absolute Gasteiger partial charge is 0.497 e. The minimum Gasteiger partial charge on any atom is -0.497 e. The first-order valence-corrected chi connectivity index (χ1v) is 7.95. The van der Waals surface area contributed by atoms with Crippen LogP contribution in [-0.2, 0) is 4.79 Å². The zero-order chi connectivity index (χ0) is 14.4. The predicted molar refractivity (Wildman–Crippen MR) is 82.3 cm³/mol. The van der Waals surface area contributed by atoms with E-state index in [1.165, 1.54) is 11.8 Å². The van der Waals surface area contributed by atoms with Crippen LogP contribution >= 0.6 is 11.8 Å². The van der Waals surface area contributed by atoms with Crippen molar-refractivity contribution in [1.29, 1.82) is 0 Å². The van der Waals surface area contributed by atoms with Gasteiger partial charge < -0.3 is 15.4 Å². The lowest BCUT2D eigenvalue weighted by molar-refractivity contribution is -0.119. The molecule has 1 aromatic carbocycles. The van der Waals surface area contributed by atoms with Gasteiger partial charge in [-0.2, -0.15) is 0 Å². The molecule has 0 radical (unpaired) electrons. The van der Waals surface area contributed by atoms with Gasteiger partial charge >= 0.3 is 0 Å². The van der Waals surface area contributed by atoms with Crippen LogP contribution in [0, 0.1) is 0 Å². The summed E-state index contributed by atoms with van der Waals surface area (Å²) in [6.07, 6.45) is 2.02. The second-order valence-corrected chi connectivity index (χ2v) is 6.16. The SMILES string of the molecule is COc1cccc(SCC(=O)NC2CCNC(C)C2)c1. The van der Waals surface area contributed by atoms with Gasteiger partial charge in [0.2, 0.25) is 5.91 Å². The molecule has 2 atom stereocenters. The highest BCUT2D eigenvalue weighted by Crippen LogP contribution is 2.22. The molecule has 110 valence electrons. The summed E-state index contributed by atoms with van der Waals surface area (Å²) < 4.78 is 5.17. The molecular weight excluding hydrogens is 272 g/mol. The molecule has 20 heavy (non-hydrogen) atoms. The summed E-state index contributed by atoms with van der Waals surface area (Å²) in [5.41, 5.74) is 0. The number of nitrogens with one attached hydrogen (secondary N) is 2. The third-order valence-corrected chi connectivity index (χ3v) is 4.39. The summed E-state index contributed by atoms with van der Waals surface area (Å²) in [5.74, 6) is 1.38. The molecule has 1 heterocycles. The highest BCUT2D eigenvalue weighted by atomic mass is 32.2. The van der Waals surface area contributed by atoms with Crippen molar-refractivity contribution >= 4 is 17.7 Å². The number of hydrogen-bond donors (Lipinski definition) is 2. The van der Waals surface area contributed by atoms with Crippen molar-refractivity contribution in [2.24, 2.45) is 0 Å². The average molecular weight is 294 g/mol. The van der Waals surface area contributed by atoms with E-state index in [0.717, 1.165) is 30.0 Å². The molecule has 0 spiro atoms. The molecule has 2 N–H and O–H groups in total. The molecule has 1 saturated heterocycles. The molecule has 2 unspecified atom stereocenters. The molecule has 2 rings (SSSR count). The zero-order valence-electron chi connectivity index (χ0n) is 12.0. The fraction of sp³-hybridized carbons (Fsp3) is 0.533. The van der Waals surface area contributed by atoms with Crippen LogP contribution in [0.25, 0.3) is 0 Å². The maximum atomic E-state index is 12.0. The van der Waals surface area contributed by atoms with Gasteiger partial charge in [-0.25, -0.2) is 0 Å². The summed E-state index contributed by atoms with van der Waals surface area (Å²) in [4.78, 5) is 13.0. The standard InChI is InChI=1S/C15H22N2O2S/c1-11-8-12(6-7-16-11)17-15(18)10-20-14-5-3-4-13(9-14)19-2/h3-5,9,11-12,16H,6-8,10H2,1-2H3,(H,17,18). The number of piperidine rings is 1. The van der Waals surface area contributed by atoms with E-state index >= 15 is 0 Å². The Bertz CT molecular complexity index is 453. The highest BCUT2D eigenvalue weighted by Gasteiger charge is 2.19. The van der Waals surface area contributed by atoms with Crippen LogP contribution in [-0.4, -0.2) is 37.4 Å². The fourth-order valence-electron chi connectivity index (χ4n) is 2.37. The van der Waals surface area contributed by atoms with E-state index in [-0.39, 0.29) is 5.91 Å². The van der Waals surface area contributed by atoms with E-state index in [4.69, 9.17) is 4.74 Å². The van der Waals surface area contributed by atoms with E-state index in [0.29, 0.717) is 17.8 Å². The summed E-state index contributed by atoms with van der Waals surface area (Å²) in [6.45, 7) is 3.14. The fourth-order valence-corrected chi connectivity index (χ4v) is 3.13. The van der Waals surface area contributed by atoms with Crippen molar-refractivity contribution in [2.45, 2.75) is 36.7 Å². The van der Waals surface area contributed by atoms with Gasteiger partial charge in [0, 0.05) is 17.0 Å². The van der Waals surface area contributed by atoms with Gasteiger partial charge in [-0.3, -0.25) is 4.79 Å². The van der Waals surface area contributed by atoms with E-state index in [2.05, 4.69) is 17.6 Å². The Morgan fingerprint density at radius 1 is 1.55 bits per heavy atom. The van der Waals surface area contributed by atoms with Crippen molar-refractivity contribution in [1.82, 2.24) is 10.6 Å². The molecule has 5 heteroatoms. The second kappa shape index (κ2) is 7.55. The molecule has 0 aromatic heterocycles. The van der Waals surface area contributed by atoms with E-state index in [1.807, 2.05) is 24.3 Å². The lowest BCUT2D eigenvalue weighted by Crippen LogP contribution is -2.47. The van der Waals surface area contributed by atoms with Crippen LogP contribution in [0.2, 0.25) is 0 Å². The van der Waals surface area contributed by atoms with Gasteiger partial charge in [0.15, 0.2) is 0 Å². The Balaban J connectivity index is 1.76. The number of methoxy groups -OCH3 is 1. The van der Waals surface area contributed by atoms with Gasteiger partial charge in [0.25, 0.3) is 0 Å². The maximum absolute atomic E-state index is 12.0. The monoisotopic (exact) mass is 294 g/mol. The normalized spacial score (nSPS) is 22.3. The van der Waals surface area contributed by atoms with Crippen molar-refractivity contribution in [3.8, 4) is 5.75 Å². The number of amides is 1. The minimum atomic E-state index is 0.108. The molecule has 1 amide bonds. The minimum absolute atomic E-state index is 0.108. The summed E-state index contributed by atoms with van der Waals surface area (Å²) in [7, 11) is 1.65. The number of carbonyl (C=O) groups is 1. The van der Waals surface area contributed by atoms with E-state index in [9.17, 15) is 4.79 Å². The lowest BCUT2D eigenvalue weighted by Gasteiger charge is -2.28. The Kier molecular flexibility index (Phi) is 5.73. The molecule has 0 saturated carbocycles. The van der Waals surface area contributed by atoms with Crippen molar-refractivity contribution in [3.05, 3.63) is 24.3 Å². The Morgan fingerprint density at radius 3 is 3.15 bits per heavy atom. The quantitative estimate of drug-likeness (QED) is 0.816. The molecule has 4 nitrogen and oxygen atoms in total. The van der Waals surface area contributed by atoms with E-state index in [1.54, 1.807) is 7.11 Å². The molecular formula is C15H22N2O2S. The van der Waals surface area contributed by atoms with Crippen molar-refractivity contribution < 1.29 is 9.53 Å². The average Bonchev–Trinajstić information content (AvgIpc) is 2.45. The Morgan fingerprint density at radius 2 is 2.40 bits per heavy atom. The highest BCUT2D eigenvalue weighted by molar-refractivity contribution is 8.00. The zero-order valence-corrected chi connectivity index (χ0v) is 12.8. The number of carbonyl (C=O) groups excluding carboxylic acids is 1. The number of thioether (sulfide) groups is 1. The Labute approximate surface area is 124 Å². The summed E-state index contributed by atoms with van der Waals surface area (Å²) >= 11 is 1.54. The second-order valence-electron chi connectivity index (χ2n) is 5.11. The molecule has 0 aliphatic carbocycles. The van der Waals surface area contributed by atoms with Crippen LogP contribution < -0.4 is 15.4 Å². The smallest absolute Gasteiger partial charge is 0.230 e. The van der Waals surface area contributed by atoms with Crippen LogP contribution in [0.3, 0.4) is 0 Å². The number of rotatable bonds is 5. The summed E-state index contributed by atoms with van der Waals surface area (Å²) in [6, 6.07) is 8.58. The first-order chi connectivity index (χ1) is 9.67. The van der Waals surface area contributed by atoms with Crippen LogP contribution in [0.15, 0.2) is 29.2 Å². The van der Waals surface area contributed by atoms with Gasteiger partial charge in [0.1, 0.15) is 5.75 Å². The summed E-state index contributed by atoms with van der Waals surface area (Å²) in [5, 5.41) is 6.50. The van der Waals surface area contributed by atoms with Crippen molar-refractivity contribution in [3.63, 3.8) is 0 Å². The molecule has 1 fully saturated rings. The number of hydrogen-bond acceptors (Lipinski definition) is 4. The van der Waals surface area contributed by atoms with E-state index < -0.39 is 0 Å². The van der Waals surface area contributed by atoms with Gasteiger partial charge in [-0.15, -0.1) is 11.8 Å². The third-order valence-electron chi connectivity index (χ3n) is 3.40. The van der Waals surface area contributed by atoms with Crippen LogP contribution in [0.4, 0.5) is 0 Å².